The predicted octanol–water partition coefficient (Wildman–Crippen LogP) is 2.02. The smallest absolute Gasteiger partial charge is 0.251 e. The molecule has 1 amide bonds. The molecule has 1 aromatic rings. The van der Waals surface area contributed by atoms with E-state index >= 15 is 0 Å². The Balaban J connectivity index is 2.16. The summed E-state index contributed by atoms with van der Waals surface area (Å²) in [6.45, 7) is 3.47. The molecule has 1 aromatic carbocycles. The standard InChI is InChI=1S/C14H18FNO2/c1-9-5-10(7-12(15)6-9)13(18)16-14(2,8-17)11-3-4-11/h5-7,11,17H,3-4,8H2,1-2H3,(H,16,18). The first-order chi connectivity index (χ1) is 8.44. The van der Waals surface area contributed by atoms with Gasteiger partial charge in [0.15, 0.2) is 0 Å². The van der Waals surface area contributed by atoms with E-state index in [9.17, 15) is 14.3 Å². The summed E-state index contributed by atoms with van der Waals surface area (Å²) in [5.74, 6) is -0.431. The first-order valence-electron chi connectivity index (χ1n) is 6.15. The number of carbonyl (C=O) groups is 1. The number of amides is 1. The Labute approximate surface area is 106 Å². The van der Waals surface area contributed by atoms with Crippen molar-refractivity contribution in [3.8, 4) is 0 Å². The molecule has 2 rings (SSSR count). The summed E-state index contributed by atoms with van der Waals surface area (Å²) in [7, 11) is 0. The van der Waals surface area contributed by atoms with Gasteiger partial charge in [-0.3, -0.25) is 4.79 Å². The summed E-state index contributed by atoms with van der Waals surface area (Å²) in [4.78, 5) is 12.1. The van der Waals surface area contributed by atoms with Crippen molar-refractivity contribution in [3.05, 3.63) is 35.1 Å². The van der Waals surface area contributed by atoms with Crippen molar-refractivity contribution in [2.24, 2.45) is 5.92 Å². The van der Waals surface area contributed by atoms with Gasteiger partial charge in [0.2, 0.25) is 0 Å². The number of carbonyl (C=O) groups excluding carboxylic acids is 1. The lowest BCUT2D eigenvalue weighted by molar-refractivity contribution is 0.0824. The SMILES string of the molecule is Cc1cc(F)cc(C(=O)NC(C)(CO)C2CC2)c1. The lowest BCUT2D eigenvalue weighted by Gasteiger charge is -2.28. The van der Waals surface area contributed by atoms with Crippen LogP contribution in [0.15, 0.2) is 18.2 Å². The molecule has 4 heteroatoms. The van der Waals surface area contributed by atoms with Crippen molar-refractivity contribution in [1.29, 1.82) is 0 Å². The molecule has 0 heterocycles. The lowest BCUT2D eigenvalue weighted by Crippen LogP contribution is -2.50. The van der Waals surface area contributed by atoms with Crippen molar-refractivity contribution in [2.45, 2.75) is 32.2 Å². The molecule has 0 aromatic heterocycles. The molecule has 0 saturated heterocycles. The van der Waals surface area contributed by atoms with E-state index < -0.39 is 11.4 Å². The van der Waals surface area contributed by atoms with Crippen LogP contribution in [-0.4, -0.2) is 23.2 Å². The largest absolute Gasteiger partial charge is 0.394 e. The third-order valence-corrected chi connectivity index (χ3v) is 3.51. The number of hydrogen-bond acceptors (Lipinski definition) is 2. The van der Waals surface area contributed by atoms with Crippen LogP contribution >= 0.6 is 0 Å². The number of aliphatic hydroxyl groups is 1. The van der Waals surface area contributed by atoms with E-state index in [4.69, 9.17) is 0 Å². The van der Waals surface area contributed by atoms with E-state index in [-0.39, 0.29) is 12.5 Å². The fourth-order valence-corrected chi connectivity index (χ4v) is 2.19. The van der Waals surface area contributed by atoms with Crippen molar-refractivity contribution in [2.75, 3.05) is 6.61 Å². The normalized spacial score (nSPS) is 18.2. The zero-order chi connectivity index (χ0) is 13.3. The van der Waals surface area contributed by atoms with E-state index in [0.29, 0.717) is 17.0 Å². The fraction of sp³-hybridized carbons (Fsp3) is 0.500. The van der Waals surface area contributed by atoms with Gasteiger partial charge in [-0.1, -0.05) is 0 Å². The van der Waals surface area contributed by atoms with Gasteiger partial charge in [-0.05, 0) is 56.4 Å². The van der Waals surface area contributed by atoms with Gasteiger partial charge in [-0.25, -0.2) is 4.39 Å². The minimum Gasteiger partial charge on any atom is -0.394 e. The van der Waals surface area contributed by atoms with E-state index in [1.165, 1.54) is 12.1 Å². The number of nitrogens with one attached hydrogen (secondary N) is 1. The maximum absolute atomic E-state index is 13.2. The zero-order valence-electron chi connectivity index (χ0n) is 10.7. The van der Waals surface area contributed by atoms with Gasteiger partial charge in [0.1, 0.15) is 5.82 Å². The molecule has 0 radical (unpaired) electrons. The monoisotopic (exact) mass is 251 g/mol. The summed E-state index contributed by atoms with van der Waals surface area (Å²) in [5, 5.41) is 12.2. The molecule has 1 aliphatic carbocycles. The number of hydrogen-bond donors (Lipinski definition) is 2. The topological polar surface area (TPSA) is 49.3 Å². The molecule has 1 atom stereocenters. The summed E-state index contributed by atoms with van der Waals surface area (Å²) >= 11 is 0. The van der Waals surface area contributed by atoms with Crippen molar-refractivity contribution in [1.82, 2.24) is 5.32 Å². The maximum Gasteiger partial charge on any atom is 0.251 e. The van der Waals surface area contributed by atoms with Crippen LogP contribution in [0.25, 0.3) is 0 Å². The molecule has 1 saturated carbocycles. The quantitative estimate of drug-likeness (QED) is 0.860. The van der Waals surface area contributed by atoms with Crippen molar-refractivity contribution in [3.63, 3.8) is 0 Å². The van der Waals surface area contributed by atoms with Gasteiger partial charge >= 0.3 is 0 Å². The molecule has 0 spiro atoms. The predicted molar refractivity (Wildman–Crippen MR) is 66.8 cm³/mol. The maximum atomic E-state index is 13.2. The van der Waals surface area contributed by atoms with Gasteiger partial charge in [0.05, 0.1) is 12.1 Å². The highest BCUT2D eigenvalue weighted by Gasteiger charge is 2.42. The Morgan fingerprint density at radius 3 is 2.67 bits per heavy atom. The van der Waals surface area contributed by atoms with E-state index in [2.05, 4.69) is 5.32 Å². The highest BCUT2D eigenvalue weighted by atomic mass is 19.1. The second-order valence-electron chi connectivity index (χ2n) is 5.32. The minimum absolute atomic E-state index is 0.0995. The van der Waals surface area contributed by atoms with Crippen LogP contribution in [0.5, 0.6) is 0 Å². The Bertz CT molecular complexity index is 451. The minimum atomic E-state index is -0.600. The molecule has 3 nitrogen and oxygen atoms in total. The van der Waals surface area contributed by atoms with Gasteiger partial charge < -0.3 is 10.4 Å². The molecule has 1 unspecified atom stereocenters. The average Bonchev–Trinajstić information content (AvgIpc) is 3.11. The van der Waals surface area contributed by atoms with Crippen LogP contribution in [-0.2, 0) is 0 Å². The van der Waals surface area contributed by atoms with Gasteiger partial charge in [-0.2, -0.15) is 0 Å². The van der Waals surface area contributed by atoms with Crippen LogP contribution in [0, 0.1) is 18.7 Å². The molecule has 2 N–H and O–H groups in total. The third-order valence-electron chi connectivity index (χ3n) is 3.51. The first kappa shape index (κ1) is 13.0. The Hall–Kier alpha value is -1.42. The highest BCUT2D eigenvalue weighted by Crippen LogP contribution is 2.39. The van der Waals surface area contributed by atoms with E-state index in [1.54, 1.807) is 13.0 Å². The summed E-state index contributed by atoms with van der Waals surface area (Å²) in [6.07, 6.45) is 2.03. The van der Waals surface area contributed by atoms with Crippen LogP contribution < -0.4 is 5.32 Å². The lowest BCUT2D eigenvalue weighted by atomic mass is 9.96. The molecular weight excluding hydrogens is 233 g/mol. The summed E-state index contributed by atoms with van der Waals surface area (Å²) in [6, 6.07) is 4.24. The van der Waals surface area contributed by atoms with Gasteiger partial charge in [0.25, 0.3) is 5.91 Å². The van der Waals surface area contributed by atoms with E-state index in [1.807, 2.05) is 6.92 Å². The Morgan fingerprint density at radius 2 is 2.17 bits per heavy atom. The van der Waals surface area contributed by atoms with Crippen LogP contribution in [0.1, 0.15) is 35.7 Å². The molecule has 1 fully saturated rings. The summed E-state index contributed by atoms with van der Waals surface area (Å²) in [5.41, 5.74) is 0.405. The first-order valence-corrected chi connectivity index (χ1v) is 6.15. The van der Waals surface area contributed by atoms with Crippen molar-refractivity contribution < 1.29 is 14.3 Å². The number of halogens is 1. The molecule has 98 valence electrons. The number of benzene rings is 1. The Morgan fingerprint density at radius 1 is 1.50 bits per heavy atom. The van der Waals surface area contributed by atoms with Crippen LogP contribution in [0.3, 0.4) is 0 Å². The molecule has 0 aliphatic heterocycles. The van der Waals surface area contributed by atoms with Gasteiger partial charge in [-0.15, -0.1) is 0 Å². The second-order valence-corrected chi connectivity index (χ2v) is 5.32. The number of rotatable bonds is 4. The Kier molecular flexibility index (Phi) is 3.39. The fourth-order valence-electron chi connectivity index (χ4n) is 2.19. The van der Waals surface area contributed by atoms with Gasteiger partial charge in [0, 0.05) is 5.56 Å². The average molecular weight is 251 g/mol. The van der Waals surface area contributed by atoms with Crippen LogP contribution in [0.2, 0.25) is 0 Å². The molecule has 0 bridgehead atoms. The highest BCUT2D eigenvalue weighted by molar-refractivity contribution is 5.94. The second kappa shape index (κ2) is 4.69. The third kappa shape index (κ3) is 2.70. The summed E-state index contributed by atoms with van der Waals surface area (Å²) < 4.78 is 13.2. The van der Waals surface area contributed by atoms with Crippen molar-refractivity contribution >= 4 is 5.91 Å². The number of aryl methyl sites for hydroxylation is 1. The zero-order valence-corrected chi connectivity index (χ0v) is 10.7. The number of aliphatic hydroxyl groups excluding tert-OH is 1. The van der Waals surface area contributed by atoms with Crippen LogP contribution in [0.4, 0.5) is 4.39 Å². The van der Waals surface area contributed by atoms with E-state index in [0.717, 1.165) is 12.8 Å². The molecular formula is C14H18FNO2. The molecule has 1 aliphatic rings. The molecule has 18 heavy (non-hydrogen) atoms.